The van der Waals surface area contributed by atoms with Gasteiger partial charge in [-0.05, 0) is 37.8 Å². The molecular formula is C16H21F3N2. The van der Waals surface area contributed by atoms with Crippen LogP contribution >= 0.6 is 0 Å². The van der Waals surface area contributed by atoms with Gasteiger partial charge in [-0.25, -0.2) is 0 Å². The molecule has 1 aromatic carbocycles. The zero-order valence-electron chi connectivity index (χ0n) is 12.2. The molecule has 1 aliphatic heterocycles. The van der Waals surface area contributed by atoms with Crippen molar-refractivity contribution in [1.82, 2.24) is 10.2 Å². The van der Waals surface area contributed by atoms with E-state index in [1.807, 2.05) is 0 Å². The van der Waals surface area contributed by atoms with E-state index in [4.69, 9.17) is 0 Å². The quantitative estimate of drug-likeness (QED) is 0.916. The summed E-state index contributed by atoms with van der Waals surface area (Å²) in [5, 5.41) is 3.41. The maximum Gasteiger partial charge on any atom is 0.416 e. The van der Waals surface area contributed by atoms with Gasteiger partial charge in [-0.1, -0.05) is 18.2 Å². The number of benzene rings is 1. The van der Waals surface area contributed by atoms with E-state index < -0.39 is 11.7 Å². The summed E-state index contributed by atoms with van der Waals surface area (Å²) >= 11 is 0. The second kappa shape index (κ2) is 5.61. The Balaban J connectivity index is 1.56. The van der Waals surface area contributed by atoms with E-state index >= 15 is 0 Å². The molecule has 5 heteroatoms. The molecular weight excluding hydrogens is 277 g/mol. The van der Waals surface area contributed by atoms with Crippen LogP contribution in [0, 0.1) is 0 Å². The summed E-state index contributed by atoms with van der Waals surface area (Å²) in [5.74, 6) is 0. The first-order valence-corrected chi connectivity index (χ1v) is 7.59. The number of nitrogens with zero attached hydrogens (tertiary/aromatic N) is 1. The van der Waals surface area contributed by atoms with Crippen molar-refractivity contribution < 1.29 is 13.2 Å². The number of hydrogen-bond acceptors (Lipinski definition) is 2. The summed E-state index contributed by atoms with van der Waals surface area (Å²) in [6.07, 6.45) is -0.592. The molecule has 1 N–H and O–H groups in total. The average molecular weight is 298 g/mol. The zero-order chi connectivity index (χ0) is 15.0. The van der Waals surface area contributed by atoms with Crippen LogP contribution in [-0.4, -0.2) is 29.6 Å². The Morgan fingerprint density at radius 1 is 1.29 bits per heavy atom. The number of rotatable bonds is 4. The van der Waals surface area contributed by atoms with E-state index in [1.54, 1.807) is 6.07 Å². The van der Waals surface area contributed by atoms with Gasteiger partial charge in [0.25, 0.3) is 0 Å². The van der Waals surface area contributed by atoms with Crippen LogP contribution in [0.3, 0.4) is 0 Å². The lowest BCUT2D eigenvalue weighted by atomic mass is 10.1. The van der Waals surface area contributed by atoms with Gasteiger partial charge in [0.15, 0.2) is 0 Å². The second-order valence-corrected chi connectivity index (χ2v) is 6.29. The van der Waals surface area contributed by atoms with Gasteiger partial charge in [-0.15, -0.1) is 0 Å². The van der Waals surface area contributed by atoms with Gasteiger partial charge in [0, 0.05) is 31.2 Å². The molecule has 0 aromatic heterocycles. The molecule has 0 amide bonds. The Kier molecular flexibility index (Phi) is 3.97. The molecule has 0 spiro atoms. The Morgan fingerprint density at radius 3 is 2.71 bits per heavy atom. The van der Waals surface area contributed by atoms with Crippen LogP contribution in [-0.2, 0) is 12.7 Å². The van der Waals surface area contributed by atoms with Crippen LogP contribution in [0.25, 0.3) is 0 Å². The molecule has 2 atom stereocenters. The van der Waals surface area contributed by atoms with Crippen molar-refractivity contribution in [3.63, 3.8) is 0 Å². The molecule has 2 nitrogen and oxygen atoms in total. The highest BCUT2D eigenvalue weighted by Gasteiger charge is 2.38. The Labute approximate surface area is 123 Å². The first-order valence-electron chi connectivity index (χ1n) is 7.59. The van der Waals surface area contributed by atoms with Crippen molar-refractivity contribution in [2.24, 2.45) is 0 Å². The van der Waals surface area contributed by atoms with Crippen molar-refractivity contribution in [2.75, 3.05) is 6.54 Å². The normalized spacial score (nSPS) is 27.2. The molecule has 21 heavy (non-hydrogen) atoms. The Morgan fingerprint density at radius 2 is 2.05 bits per heavy atom. The Hall–Kier alpha value is -1.07. The van der Waals surface area contributed by atoms with Crippen LogP contribution in [0.1, 0.15) is 37.3 Å². The van der Waals surface area contributed by atoms with Gasteiger partial charge in [-0.2, -0.15) is 13.2 Å². The minimum atomic E-state index is -4.26. The fraction of sp³-hybridized carbons (Fsp3) is 0.625. The van der Waals surface area contributed by atoms with E-state index in [1.165, 1.54) is 25.0 Å². The van der Waals surface area contributed by atoms with Gasteiger partial charge >= 0.3 is 6.18 Å². The molecule has 2 fully saturated rings. The molecule has 3 rings (SSSR count). The summed E-state index contributed by atoms with van der Waals surface area (Å²) in [6, 6.07) is 7.31. The standard InChI is InChI=1S/C16H21F3N2/c1-11-7-14(10-21(11)15-5-6-15)20-9-12-3-2-4-13(8-12)16(17,18)19/h2-4,8,11,14-15,20H,5-7,9-10H2,1H3. The molecule has 0 bridgehead atoms. The van der Waals surface area contributed by atoms with Crippen molar-refractivity contribution in [3.05, 3.63) is 35.4 Å². The monoisotopic (exact) mass is 298 g/mol. The summed E-state index contributed by atoms with van der Waals surface area (Å²) < 4.78 is 38.0. The lowest BCUT2D eigenvalue weighted by molar-refractivity contribution is -0.137. The third-order valence-electron chi connectivity index (χ3n) is 4.49. The van der Waals surface area contributed by atoms with E-state index in [0.717, 1.165) is 25.1 Å². The van der Waals surface area contributed by atoms with Crippen LogP contribution in [0.5, 0.6) is 0 Å². The average Bonchev–Trinajstić information content (AvgIpc) is 3.20. The number of likely N-dealkylation sites (tertiary alicyclic amines) is 1. The molecule has 1 saturated heterocycles. The first-order chi connectivity index (χ1) is 9.93. The van der Waals surface area contributed by atoms with Gasteiger partial charge < -0.3 is 5.32 Å². The minimum Gasteiger partial charge on any atom is -0.309 e. The zero-order valence-corrected chi connectivity index (χ0v) is 12.2. The van der Waals surface area contributed by atoms with Crippen LogP contribution in [0.2, 0.25) is 0 Å². The Bertz CT molecular complexity index is 497. The maximum absolute atomic E-state index is 12.7. The molecule has 0 radical (unpaired) electrons. The summed E-state index contributed by atoms with van der Waals surface area (Å²) in [4.78, 5) is 2.53. The molecule has 2 aliphatic rings. The van der Waals surface area contributed by atoms with Crippen LogP contribution < -0.4 is 5.32 Å². The van der Waals surface area contributed by atoms with E-state index in [0.29, 0.717) is 24.2 Å². The molecule has 2 unspecified atom stereocenters. The SMILES string of the molecule is CC1CC(NCc2cccc(C(F)(F)F)c2)CN1C1CC1. The van der Waals surface area contributed by atoms with Gasteiger partial charge in [-0.3, -0.25) is 4.90 Å². The molecule has 1 heterocycles. The highest BCUT2D eigenvalue weighted by molar-refractivity contribution is 5.25. The lowest BCUT2D eigenvalue weighted by Crippen LogP contribution is -2.33. The highest BCUT2D eigenvalue weighted by Crippen LogP contribution is 2.33. The summed E-state index contributed by atoms with van der Waals surface area (Å²) in [6.45, 7) is 3.76. The fourth-order valence-corrected chi connectivity index (χ4v) is 3.24. The molecule has 1 aromatic rings. The smallest absolute Gasteiger partial charge is 0.309 e. The third kappa shape index (κ3) is 3.58. The number of alkyl halides is 3. The summed E-state index contributed by atoms with van der Waals surface area (Å²) in [5.41, 5.74) is 0.128. The first kappa shape index (κ1) is 14.9. The molecule has 116 valence electrons. The van der Waals surface area contributed by atoms with Crippen molar-refractivity contribution in [2.45, 2.75) is 57.0 Å². The maximum atomic E-state index is 12.7. The van der Waals surface area contributed by atoms with Crippen molar-refractivity contribution in [1.29, 1.82) is 0 Å². The van der Waals surface area contributed by atoms with E-state index in [2.05, 4.69) is 17.1 Å². The van der Waals surface area contributed by atoms with Crippen LogP contribution in [0.4, 0.5) is 13.2 Å². The van der Waals surface area contributed by atoms with Gasteiger partial charge in [0.1, 0.15) is 0 Å². The third-order valence-corrected chi connectivity index (χ3v) is 4.49. The molecule has 1 aliphatic carbocycles. The number of hydrogen-bond donors (Lipinski definition) is 1. The van der Waals surface area contributed by atoms with Crippen LogP contribution in [0.15, 0.2) is 24.3 Å². The highest BCUT2D eigenvalue weighted by atomic mass is 19.4. The van der Waals surface area contributed by atoms with Crippen molar-refractivity contribution >= 4 is 0 Å². The number of halogens is 3. The topological polar surface area (TPSA) is 15.3 Å². The number of nitrogens with one attached hydrogen (secondary N) is 1. The van der Waals surface area contributed by atoms with E-state index in [-0.39, 0.29) is 0 Å². The largest absolute Gasteiger partial charge is 0.416 e. The predicted molar refractivity (Wildman–Crippen MR) is 75.9 cm³/mol. The molecule has 1 saturated carbocycles. The van der Waals surface area contributed by atoms with E-state index in [9.17, 15) is 13.2 Å². The van der Waals surface area contributed by atoms with Crippen molar-refractivity contribution in [3.8, 4) is 0 Å². The fourth-order valence-electron chi connectivity index (χ4n) is 3.24. The predicted octanol–water partition coefficient (Wildman–Crippen LogP) is 3.42. The minimum absolute atomic E-state index is 0.384. The van der Waals surface area contributed by atoms with Gasteiger partial charge in [0.2, 0.25) is 0 Å². The summed E-state index contributed by atoms with van der Waals surface area (Å²) in [7, 11) is 0. The lowest BCUT2D eigenvalue weighted by Gasteiger charge is -2.19. The second-order valence-electron chi connectivity index (χ2n) is 6.29. The van der Waals surface area contributed by atoms with Gasteiger partial charge in [0.05, 0.1) is 5.56 Å².